The smallest absolute Gasteiger partial charge is 0.550 e. The molecule has 0 saturated heterocycles. The molecular weight excluding hydrogens is 593 g/mol. The fourth-order valence-corrected chi connectivity index (χ4v) is 3.23. The fraction of sp³-hybridized carbons (Fsp3) is 0.875. The second-order valence-corrected chi connectivity index (χ2v) is 7.78. The van der Waals surface area contributed by atoms with Gasteiger partial charge in [-0.15, -0.1) is 0 Å². The summed E-state index contributed by atoms with van der Waals surface area (Å²) in [5.74, 6) is -3.30. The van der Waals surface area contributed by atoms with E-state index in [-0.39, 0.29) is 44.0 Å². The first kappa shape index (κ1) is 37.6. The first-order valence-electron chi connectivity index (χ1n) is 11.8. The summed E-state index contributed by atoms with van der Waals surface area (Å²) in [5.41, 5.74) is 0. The molecule has 0 saturated carbocycles. The topological polar surface area (TPSA) is 120 Å². The monoisotopic (exact) mass is 638 g/mol. The second kappa shape index (κ2) is 27.3. The number of carbonyl (C=O) groups excluding carboxylic acids is 3. The van der Waals surface area contributed by atoms with Crippen LogP contribution in [0, 0.1) is 17.8 Å². The zero-order valence-corrected chi connectivity index (χ0v) is 24.1. The maximum Gasteiger partial charge on any atom is 3.00 e. The minimum absolute atomic E-state index is 0. The van der Waals surface area contributed by atoms with Crippen LogP contribution in [0.1, 0.15) is 119 Å². The van der Waals surface area contributed by atoms with Crippen LogP contribution in [0.4, 0.5) is 0 Å². The van der Waals surface area contributed by atoms with Crippen LogP contribution in [-0.4, -0.2) is 44.1 Å². The second-order valence-electron chi connectivity index (χ2n) is 7.78. The molecular formula is C24H45BiO6. The molecule has 0 unspecified atom stereocenters. The van der Waals surface area contributed by atoms with Gasteiger partial charge in [0.25, 0.3) is 0 Å². The standard InChI is InChI=1S/3C8H16O2.Bi/c3*1-3-5-7(6-4-2)8(9)10;/h3*7H,3-6H2,1-2H3,(H,9,10);/q;;;+3/p-3. The van der Waals surface area contributed by atoms with Crippen molar-refractivity contribution in [1.82, 2.24) is 0 Å². The molecule has 0 atom stereocenters. The van der Waals surface area contributed by atoms with E-state index in [2.05, 4.69) is 0 Å². The summed E-state index contributed by atoms with van der Waals surface area (Å²) < 4.78 is 0. The molecule has 7 heteroatoms. The number of carboxylic acid groups (broad SMARTS) is 3. The van der Waals surface area contributed by atoms with Crippen LogP contribution in [0.5, 0.6) is 0 Å². The first-order valence-corrected chi connectivity index (χ1v) is 11.8. The number of hydrogen-bond acceptors (Lipinski definition) is 6. The molecule has 0 spiro atoms. The van der Waals surface area contributed by atoms with Crippen LogP contribution in [-0.2, 0) is 14.4 Å². The third-order valence-corrected chi connectivity index (χ3v) is 4.82. The number of carbonyl (C=O) groups is 3. The normalized spacial score (nSPS) is 9.97. The SMILES string of the molecule is CCCC(CCC)C(=O)[O-].CCCC(CCC)C(=O)[O-].CCCC(CCC)C(=O)[O-].[Bi+3]. The quantitative estimate of drug-likeness (QED) is 0.254. The van der Waals surface area contributed by atoms with Crippen molar-refractivity contribution in [2.75, 3.05) is 0 Å². The van der Waals surface area contributed by atoms with Crippen LogP contribution < -0.4 is 15.3 Å². The number of aliphatic carboxylic acids is 3. The molecule has 0 aliphatic rings. The molecule has 0 aromatic heterocycles. The zero-order valence-electron chi connectivity index (χ0n) is 20.6. The number of carboxylic acids is 3. The minimum atomic E-state index is -0.885. The molecule has 0 heterocycles. The summed E-state index contributed by atoms with van der Waals surface area (Å²) >= 11 is 0. The van der Waals surface area contributed by atoms with Crippen molar-refractivity contribution in [2.24, 2.45) is 17.8 Å². The van der Waals surface area contributed by atoms with Crippen LogP contribution in [0.15, 0.2) is 0 Å². The van der Waals surface area contributed by atoms with E-state index >= 15 is 0 Å². The van der Waals surface area contributed by atoms with E-state index in [4.69, 9.17) is 0 Å². The Morgan fingerprint density at radius 3 is 0.645 bits per heavy atom. The largest absolute Gasteiger partial charge is 3.00 e. The molecule has 2 radical (unpaired) electrons. The first-order chi connectivity index (χ1) is 14.2. The van der Waals surface area contributed by atoms with Crippen LogP contribution >= 0.6 is 0 Å². The molecule has 0 bridgehead atoms. The van der Waals surface area contributed by atoms with E-state index in [0.717, 1.165) is 77.0 Å². The Labute approximate surface area is 209 Å². The van der Waals surface area contributed by atoms with E-state index in [0.29, 0.717) is 0 Å². The van der Waals surface area contributed by atoms with Gasteiger partial charge in [-0.2, -0.15) is 0 Å². The van der Waals surface area contributed by atoms with Gasteiger partial charge in [0.2, 0.25) is 0 Å². The van der Waals surface area contributed by atoms with Gasteiger partial charge in [0.1, 0.15) is 0 Å². The summed E-state index contributed by atoms with van der Waals surface area (Å²) in [6, 6.07) is 0. The number of hydrogen-bond donors (Lipinski definition) is 0. The van der Waals surface area contributed by atoms with Crippen LogP contribution in [0.25, 0.3) is 0 Å². The molecule has 0 amide bonds. The van der Waals surface area contributed by atoms with Gasteiger partial charge < -0.3 is 29.7 Å². The third-order valence-electron chi connectivity index (χ3n) is 4.82. The molecule has 0 fully saturated rings. The van der Waals surface area contributed by atoms with Gasteiger partial charge in [-0.05, 0) is 56.3 Å². The third kappa shape index (κ3) is 25.4. The Hall–Kier alpha value is -0.707. The van der Waals surface area contributed by atoms with E-state index in [9.17, 15) is 29.7 Å². The predicted molar refractivity (Wildman–Crippen MR) is 121 cm³/mol. The average molecular weight is 639 g/mol. The molecule has 182 valence electrons. The molecule has 6 nitrogen and oxygen atoms in total. The van der Waals surface area contributed by atoms with Crippen LogP contribution in [0.2, 0.25) is 0 Å². The maximum atomic E-state index is 10.4. The van der Waals surface area contributed by atoms with Crippen molar-refractivity contribution in [3.8, 4) is 0 Å². The van der Waals surface area contributed by atoms with E-state index in [1.165, 1.54) is 0 Å². The van der Waals surface area contributed by atoms with Crippen molar-refractivity contribution in [1.29, 1.82) is 0 Å². The molecule has 0 rings (SSSR count). The van der Waals surface area contributed by atoms with E-state index in [1.54, 1.807) is 0 Å². The van der Waals surface area contributed by atoms with Crippen molar-refractivity contribution < 1.29 is 29.7 Å². The molecule has 31 heavy (non-hydrogen) atoms. The van der Waals surface area contributed by atoms with Crippen molar-refractivity contribution in [3.63, 3.8) is 0 Å². The Bertz CT molecular complexity index is 348. The zero-order chi connectivity index (χ0) is 23.9. The average Bonchev–Trinajstić information content (AvgIpc) is 2.68. The summed E-state index contributed by atoms with van der Waals surface area (Å²) in [6.07, 6.45) is 10.1. The Balaban J connectivity index is -0.000000174. The molecule has 0 aliphatic carbocycles. The van der Waals surface area contributed by atoms with Crippen molar-refractivity contribution >= 4 is 44.1 Å². The summed E-state index contributed by atoms with van der Waals surface area (Å²) in [4.78, 5) is 31.1. The summed E-state index contributed by atoms with van der Waals surface area (Å²) in [6.45, 7) is 12.0. The van der Waals surface area contributed by atoms with Crippen molar-refractivity contribution in [3.05, 3.63) is 0 Å². The molecule has 0 aromatic rings. The molecule has 0 aliphatic heterocycles. The van der Waals surface area contributed by atoms with Gasteiger partial charge in [0, 0.05) is 17.9 Å². The molecule has 0 aromatic carbocycles. The van der Waals surface area contributed by atoms with Gasteiger partial charge >= 0.3 is 26.2 Å². The summed E-state index contributed by atoms with van der Waals surface area (Å²) in [7, 11) is 0. The van der Waals surface area contributed by atoms with E-state index in [1.807, 2.05) is 41.5 Å². The van der Waals surface area contributed by atoms with Gasteiger partial charge in [-0.3, -0.25) is 0 Å². The minimum Gasteiger partial charge on any atom is -0.550 e. The van der Waals surface area contributed by atoms with Gasteiger partial charge in [0.05, 0.1) is 0 Å². The van der Waals surface area contributed by atoms with E-state index < -0.39 is 17.9 Å². The Morgan fingerprint density at radius 1 is 0.452 bits per heavy atom. The predicted octanol–water partition coefficient (Wildman–Crippen LogP) is 2.48. The van der Waals surface area contributed by atoms with Gasteiger partial charge in [-0.25, -0.2) is 0 Å². The van der Waals surface area contributed by atoms with Gasteiger partial charge in [0.15, 0.2) is 0 Å². The van der Waals surface area contributed by atoms with Crippen LogP contribution in [0.3, 0.4) is 0 Å². The number of rotatable bonds is 15. The van der Waals surface area contributed by atoms with Crippen molar-refractivity contribution in [2.45, 2.75) is 119 Å². The molecule has 0 N–H and O–H groups in total. The maximum absolute atomic E-state index is 10.4. The van der Waals surface area contributed by atoms with Gasteiger partial charge in [-0.1, -0.05) is 80.1 Å². The Kier molecular flexibility index (Phi) is 33.1. The summed E-state index contributed by atoms with van der Waals surface area (Å²) in [5, 5.41) is 31.1. The Morgan fingerprint density at radius 2 is 0.581 bits per heavy atom. The fourth-order valence-electron chi connectivity index (χ4n) is 3.23.